The highest BCUT2D eigenvalue weighted by Crippen LogP contribution is 2.23. The number of thiophene rings is 1. The van der Waals surface area contributed by atoms with Crippen molar-refractivity contribution in [1.29, 1.82) is 0 Å². The lowest BCUT2D eigenvalue weighted by Gasteiger charge is -2.37. The Labute approximate surface area is 101 Å². The molecule has 0 fully saturated rings. The maximum absolute atomic E-state index is 11.3. The Morgan fingerprint density at radius 3 is 2.56 bits per heavy atom. The molecular weight excluding hydrogens is 222 g/mol. The van der Waals surface area contributed by atoms with Crippen LogP contribution in [0.4, 0.5) is 0 Å². The van der Waals surface area contributed by atoms with Gasteiger partial charge in [-0.05, 0) is 39.1 Å². The Bertz CT molecular complexity index is 344. The van der Waals surface area contributed by atoms with Crippen molar-refractivity contribution < 1.29 is 9.90 Å². The molecule has 1 N–H and O–H groups in total. The molecule has 0 aliphatic carbocycles. The third-order valence-corrected chi connectivity index (χ3v) is 3.63. The largest absolute Gasteiger partial charge is 0.480 e. The molecule has 0 amide bonds. The van der Waals surface area contributed by atoms with Gasteiger partial charge in [-0.25, -0.2) is 0 Å². The molecule has 1 aromatic rings. The van der Waals surface area contributed by atoms with Crippen LogP contribution in [0.1, 0.15) is 32.6 Å². The molecule has 0 aliphatic rings. The zero-order valence-corrected chi connectivity index (χ0v) is 11.0. The molecule has 1 rings (SSSR count). The lowest BCUT2D eigenvalue weighted by molar-refractivity contribution is -0.151. The van der Waals surface area contributed by atoms with Crippen molar-refractivity contribution in [2.75, 3.05) is 0 Å². The Hall–Kier alpha value is -0.870. The normalized spacial score (nSPS) is 12.4. The topological polar surface area (TPSA) is 40.5 Å². The summed E-state index contributed by atoms with van der Waals surface area (Å²) in [5.74, 6) is -0.780. The summed E-state index contributed by atoms with van der Waals surface area (Å²) >= 11 is 1.66. The molecule has 0 atom stereocenters. The lowest BCUT2D eigenvalue weighted by Crippen LogP contribution is -2.52. The molecule has 4 heteroatoms. The summed E-state index contributed by atoms with van der Waals surface area (Å²) in [5.41, 5.74) is -0.835. The van der Waals surface area contributed by atoms with Crippen LogP contribution in [0, 0.1) is 0 Å². The fraction of sp³-hybridized carbons (Fsp3) is 0.583. The number of carbonyl (C=O) groups is 1. The van der Waals surface area contributed by atoms with Gasteiger partial charge in [-0.1, -0.05) is 6.07 Å². The molecule has 0 saturated heterocycles. The van der Waals surface area contributed by atoms with Crippen molar-refractivity contribution in [1.82, 2.24) is 4.90 Å². The molecule has 90 valence electrons. The monoisotopic (exact) mass is 241 g/mol. The number of nitrogens with zero attached hydrogens (tertiary/aromatic N) is 1. The highest BCUT2D eigenvalue weighted by atomic mass is 32.1. The Morgan fingerprint density at radius 2 is 2.19 bits per heavy atom. The van der Waals surface area contributed by atoms with E-state index >= 15 is 0 Å². The Kier molecular flexibility index (Phi) is 4.10. The van der Waals surface area contributed by atoms with Crippen molar-refractivity contribution in [3.05, 3.63) is 22.4 Å². The van der Waals surface area contributed by atoms with Crippen molar-refractivity contribution in [2.24, 2.45) is 0 Å². The quantitative estimate of drug-likeness (QED) is 0.861. The van der Waals surface area contributed by atoms with Gasteiger partial charge in [0.05, 0.1) is 0 Å². The first-order valence-corrected chi connectivity index (χ1v) is 6.26. The summed E-state index contributed by atoms with van der Waals surface area (Å²) in [6.07, 6.45) is 0. The van der Waals surface area contributed by atoms with Crippen LogP contribution in [0.2, 0.25) is 0 Å². The van der Waals surface area contributed by atoms with E-state index in [0.717, 1.165) is 0 Å². The summed E-state index contributed by atoms with van der Waals surface area (Å²) in [6.45, 7) is 8.25. The minimum absolute atomic E-state index is 0.202. The average molecular weight is 241 g/mol. The van der Waals surface area contributed by atoms with Gasteiger partial charge in [-0.3, -0.25) is 9.69 Å². The number of hydrogen-bond acceptors (Lipinski definition) is 3. The minimum Gasteiger partial charge on any atom is -0.480 e. The number of rotatable bonds is 5. The van der Waals surface area contributed by atoms with Gasteiger partial charge in [0, 0.05) is 17.5 Å². The van der Waals surface area contributed by atoms with Crippen molar-refractivity contribution >= 4 is 17.3 Å². The molecule has 0 unspecified atom stereocenters. The number of carboxylic acids is 1. The van der Waals surface area contributed by atoms with Crippen LogP contribution in [0.3, 0.4) is 0 Å². The SMILES string of the molecule is CC(C)N(Cc1cccs1)C(C)(C)C(=O)O. The maximum Gasteiger partial charge on any atom is 0.323 e. The Balaban J connectivity index is 2.87. The zero-order valence-electron chi connectivity index (χ0n) is 10.2. The predicted octanol–water partition coefficient (Wildman–Crippen LogP) is 2.82. The van der Waals surface area contributed by atoms with Gasteiger partial charge in [0.25, 0.3) is 0 Å². The smallest absolute Gasteiger partial charge is 0.323 e. The highest BCUT2D eigenvalue weighted by molar-refractivity contribution is 7.09. The summed E-state index contributed by atoms with van der Waals surface area (Å²) in [6, 6.07) is 4.23. The van der Waals surface area contributed by atoms with E-state index in [2.05, 4.69) is 0 Å². The standard InChI is InChI=1S/C12H19NO2S/c1-9(2)13(12(3,4)11(14)15)8-10-6-5-7-16-10/h5-7,9H,8H2,1-4H3,(H,14,15). The fourth-order valence-electron chi connectivity index (χ4n) is 1.72. The molecule has 0 aromatic carbocycles. The molecule has 0 bridgehead atoms. The first-order chi connectivity index (χ1) is 7.35. The van der Waals surface area contributed by atoms with Crippen LogP contribution in [-0.4, -0.2) is 27.6 Å². The number of aliphatic carboxylic acids is 1. The van der Waals surface area contributed by atoms with Crippen LogP contribution >= 0.6 is 11.3 Å². The predicted molar refractivity (Wildman–Crippen MR) is 66.7 cm³/mol. The first-order valence-electron chi connectivity index (χ1n) is 5.38. The molecule has 0 aliphatic heterocycles. The van der Waals surface area contributed by atoms with E-state index in [9.17, 15) is 9.90 Å². The van der Waals surface area contributed by atoms with E-state index in [-0.39, 0.29) is 6.04 Å². The van der Waals surface area contributed by atoms with Gasteiger partial charge >= 0.3 is 5.97 Å². The van der Waals surface area contributed by atoms with E-state index < -0.39 is 11.5 Å². The summed E-state index contributed by atoms with van der Waals surface area (Å²) in [4.78, 5) is 14.5. The zero-order chi connectivity index (χ0) is 12.3. The van der Waals surface area contributed by atoms with Crippen LogP contribution in [-0.2, 0) is 11.3 Å². The van der Waals surface area contributed by atoms with Crippen LogP contribution < -0.4 is 0 Å². The number of carboxylic acid groups (broad SMARTS) is 1. The second-order valence-electron chi connectivity index (χ2n) is 4.67. The summed E-state index contributed by atoms with van der Waals surface area (Å²) in [7, 11) is 0. The van der Waals surface area contributed by atoms with Gasteiger partial charge < -0.3 is 5.11 Å². The van der Waals surface area contributed by atoms with E-state index in [1.54, 1.807) is 25.2 Å². The van der Waals surface area contributed by atoms with E-state index in [1.165, 1.54) is 4.88 Å². The van der Waals surface area contributed by atoms with E-state index in [0.29, 0.717) is 6.54 Å². The second-order valence-corrected chi connectivity index (χ2v) is 5.70. The van der Waals surface area contributed by atoms with Gasteiger partial charge in [-0.2, -0.15) is 0 Å². The van der Waals surface area contributed by atoms with Gasteiger partial charge in [0.2, 0.25) is 0 Å². The van der Waals surface area contributed by atoms with Crippen LogP contribution in [0.15, 0.2) is 17.5 Å². The molecular formula is C12H19NO2S. The van der Waals surface area contributed by atoms with Crippen molar-refractivity contribution in [3.63, 3.8) is 0 Å². The van der Waals surface area contributed by atoms with E-state index in [1.807, 2.05) is 36.3 Å². The lowest BCUT2D eigenvalue weighted by atomic mass is 10.0. The second kappa shape index (κ2) is 4.97. The number of hydrogen-bond donors (Lipinski definition) is 1. The van der Waals surface area contributed by atoms with Crippen LogP contribution in [0.25, 0.3) is 0 Å². The van der Waals surface area contributed by atoms with Crippen molar-refractivity contribution in [2.45, 2.75) is 45.8 Å². The van der Waals surface area contributed by atoms with Crippen molar-refractivity contribution in [3.8, 4) is 0 Å². The fourth-order valence-corrected chi connectivity index (χ4v) is 2.42. The molecule has 1 aromatic heterocycles. The summed E-state index contributed by atoms with van der Waals surface area (Å²) < 4.78 is 0. The molecule has 1 heterocycles. The molecule has 3 nitrogen and oxygen atoms in total. The maximum atomic E-state index is 11.3. The highest BCUT2D eigenvalue weighted by Gasteiger charge is 2.36. The minimum atomic E-state index is -0.835. The average Bonchev–Trinajstić information content (AvgIpc) is 2.65. The third kappa shape index (κ3) is 2.83. The summed E-state index contributed by atoms with van der Waals surface area (Å²) in [5, 5.41) is 11.3. The van der Waals surface area contributed by atoms with Gasteiger partial charge in [-0.15, -0.1) is 11.3 Å². The van der Waals surface area contributed by atoms with Crippen LogP contribution in [0.5, 0.6) is 0 Å². The third-order valence-electron chi connectivity index (χ3n) is 2.77. The molecule has 16 heavy (non-hydrogen) atoms. The molecule has 0 radical (unpaired) electrons. The van der Waals surface area contributed by atoms with Gasteiger partial charge in [0.1, 0.15) is 5.54 Å². The van der Waals surface area contributed by atoms with E-state index in [4.69, 9.17) is 0 Å². The Morgan fingerprint density at radius 1 is 1.56 bits per heavy atom. The van der Waals surface area contributed by atoms with Gasteiger partial charge in [0.15, 0.2) is 0 Å². The molecule has 0 saturated carbocycles. The molecule has 0 spiro atoms. The first kappa shape index (κ1) is 13.2.